The molecular formula is C11H17ClNO3P. The normalized spacial score (nSPS) is 11.7. The van der Waals surface area contributed by atoms with Crippen LogP contribution in [0.15, 0.2) is 18.2 Å². The molecule has 0 atom stereocenters. The molecule has 6 heteroatoms. The number of benzene rings is 1. The maximum absolute atomic E-state index is 12.3. The van der Waals surface area contributed by atoms with Gasteiger partial charge in [0.05, 0.1) is 30.1 Å². The highest BCUT2D eigenvalue weighted by molar-refractivity contribution is 7.53. The lowest BCUT2D eigenvalue weighted by Crippen LogP contribution is -1.99. The van der Waals surface area contributed by atoms with Gasteiger partial charge >= 0.3 is 7.60 Å². The summed E-state index contributed by atoms with van der Waals surface area (Å²) in [6, 6.07) is 5.13. The minimum absolute atomic E-state index is 0.203. The van der Waals surface area contributed by atoms with Gasteiger partial charge in [0.15, 0.2) is 0 Å². The first-order chi connectivity index (χ1) is 8.00. The fourth-order valence-electron chi connectivity index (χ4n) is 1.41. The molecule has 0 spiro atoms. The Labute approximate surface area is 107 Å². The molecule has 0 aliphatic rings. The summed E-state index contributed by atoms with van der Waals surface area (Å²) >= 11 is 5.90. The Hall–Kier alpha value is -0.540. The molecule has 0 heterocycles. The highest BCUT2D eigenvalue weighted by atomic mass is 35.5. The van der Waals surface area contributed by atoms with E-state index in [1.165, 1.54) is 0 Å². The zero-order valence-electron chi connectivity index (χ0n) is 9.98. The van der Waals surface area contributed by atoms with E-state index in [2.05, 4.69) is 0 Å². The van der Waals surface area contributed by atoms with Crippen molar-refractivity contribution in [2.75, 3.05) is 18.9 Å². The second-order valence-corrected chi connectivity index (χ2v) is 5.92. The smallest absolute Gasteiger partial charge is 0.335 e. The standard InChI is InChI=1S/C11H17ClNO3P/c1-3-15-17(14,16-4-2)8-9-5-6-11(13)10(12)7-9/h5-7H,3-4,8,13H2,1-2H3. The largest absolute Gasteiger partial charge is 0.398 e. The molecule has 2 N–H and O–H groups in total. The van der Waals surface area contributed by atoms with Crippen LogP contribution in [0.25, 0.3) is 0 Å². The van der Waals surface area contributed by atoms with E-state index in [1.807, 2.05) is 0 Å². The van der Waals surface area contributed by atoms with Crippen molar-refractivity contribution >= 4 is 24.9 Å². The number of hydrogen-bond donors (Lipinski definition) is 1. The van der Waals surface area contributed by atoms with Crippen LogP contribution in [0, 0.1) is 0 Å². The van der Waals surface area contributed by atoms with Gasteiger partial charge < -0.3 is 14.8 Å². The van der Waals surface area contributed by atoms with Crippen LogP contribution in [0.3, 0.4) is 0 Å². The van der Waals surface area contributed by atoms with E-state index >= 15 is 0 Å². The molecule has 0 bridgehead atoms. The van der Waals surface area contributed by atoms with Crippen molar-refractivity contribution < 1.29 is 13.6 Å². The van der Waals surface area contributed by atoms with E-state index < -0.39 is 7.60 Å². The summed E-state index contributed by atoms with van der Waals surface area (Å²) < 4.78 is 22.7. The SMILES string of the molecule is CCOP(=O)(Cc1ccc(N)c(Cl)c1)OCC. The van der Waals surface area contributed by atoms with Gasteiger partial charge in [-0.25, -0.2) is 0 Å². The van der Waals surface area contributed by atoms with Crippen LogP contribution in [0.1, 0.15) is 19.4 Å². The Kier molecular flexibility index (Phi) is 5.47. The fourth-order valence-corrected chi connectivity index (χ4v) is 3.31. The zero-order valence-corrected chi connectivity index (χ0v) is 11.6. The van der Waals surface area contributed by atoms with Gasteiger partial charge in [0.1, 0.15) is 0 Å². The molecule has 0 unspecified atom stereocenters. The third kappa shape index (κ3) is 4.32. The van der Waals surface area contributed by atoms with Crippen molar-refractivity contribution in [2.24, 2.45) is 0 Å². The summed E-state index contributed by atoms with van der Waals surface area (Å²) in [5.41, 5.74) is 6.89. The molecule has 0 saturated carbocycles. The molecule has 1 aromatic rings. The molecule has 17 heavy (non-hydrogen) atoms. The molecular weight excluding hydrogens is 261 g/mol. The molecule has 0 fully saturated rings. The summed E-state index contributed by atoms with van der Waals surface area (Å²) in [5.74, 6) is 0. The summed E-state index contributed by atoms with van der Waals surface area (Å²) in [6.07, 6.45) is 0.203. The summed E-state index contributed by atoms with van der Waals surface area (Å²) in [6.45, 7) is 4.25. The van der Waals surface area contributed by atoms with Crippen LogP contribution in [0.4, 0.5) is 5.69 Å². The van der Waals surface area contributed by atoms with Crippen LogP contribution >= 0.6 is 19.2 Å². The van der Waals surface area contributed by atoms with Gasteiger partial charge in [0.25, 0.3) is 0 Å². The van der Waals surface area contributed by atoms with Crippen LogP contribution in [-0.4, -0.2) is 13.2 Å². The Morgan fingerprint density at radius 1 is 1.29 bits per heavy atom. The Bertz CT molecular complexity index is 415. The summed E-state index contributed by atoms with van der Waals surface area (Å²) in [7, 11) is -3.08. The predicted molar refractivity (Wildman–Crippen MR) is 70.4 cm³/mol. The lowest BCUT2D eigenvalue weighted by atomic mass is 10.2. The second kappa shape index (κ2) is 6.41. The van der Waals surface area contributed by atoms with Crippen molar-refractivity contribution in [1.29, 1.82) is 0 Å². The van der Waals surface area contributed by atoms with E-state index in [1.54, 1.807) is 32.0 Å². The molecule has 1 aromatic carbocycles. The maximum Gasteiger partial charge on any atom is 0.335 e. The lowest BCUT2D eigenvalue weighted by molar-refractivity contribution is 0.219. The highest BCUT2D eigenvalue weighted by Gasteiger charge is 2.24. The highest BCUT2D eigenvalue weighted by Crippen LogP contribution is 2.51. The average molecular weight is 278 g/mol. The van der Waals surface area contributed by atoms with Crippen LogP contribution in [0.2, 0.25) is 5.02 Å². The van der Waals surface area contributed by atoms with Gasteiger partial charge in [0.2, 0.25) is 0 Å². The van der Waals surface area contributed by atoms with Gasteiger partial charge in [0, 0.05) is 0 Å². The van der Waals surface area contributed by atoms with Gasteiger partial charge in [-0.1, -0.05) is 17.7 Å². The molecule has 1 rings (SSSR count). The second-order valence-electron chi connectivity index (χ2n) is 3.46. The van der Waals surface area contributed by atoms with Gasteiger partial charge in [-0.05, 0) is 31.5 Å². The first-order valence-electron chi connectivity index (χ1n) is 5.42. The van der Waals surface area contributed by atoms with Crippen LogP contribution in [-0.2, 0) is 19.8 Å². The zero-order chi connectivity index (χ0) is 12.9. The lowest BCUT2D eigenvalue weighted by Gasteiger charge is -2.17. The number of hydrogen-bond acceptors (Lipinski definition) is 4. The molecule has 0 aliphatic heterocycles. The minimum Gasteiger partial charge on any atom is -0.398 e. The Morgan fingerprint density at radius 3 is 2.35 bits per heavy atom. The first-order valence-corrected chi connectivity index (χ1v) is 7.53. The van der Waals surface area contributed by atoms with E-state index in [0.29, 0.717) is 23.9 Å². The quantitative estimate of drug-likeness (QED) is 0.636. The molecule has 0 aromatic heterocycles. The van der Waals surface area contributed by atoms with E-state index in [4.69, 9.17) is 26.4 Å². The fraction of sp³-hybridized carbons (Fsp3) is 0.455. The van der Waals surface area contributed by atoms with Crippen LogP contribution < -0.4 is 5.73 Å². The molecule has 0 aliphatic carbocycles. The summed E-state index contributed by atoms with van der Waals surface area (Å²) in [5, 5.41) is 0.446. The van der Waals surface area contributed by atoms with Crippen molar-refractivity contribution in [3.8, 4) is 0 Å². The summed E-state index contributed by atoms with van der Waals surface area (Å²) in [4.78, 5) is 0. The van der Waals surface area contributed by atoms with Crippen LogP contribution in [0.5, 0.6) is 0 Å². The van der Waals surface area contributed by atoms with Crippen molar-refractivity contribution in [3.05, 3.63) is 28.8 Å². The average Bonchev–Trinajstić information content (AvgIpc) is 2.24. The topological polar surface area (TPSA) is 61.5 Å². The Balaban J connectivity index is 2.86. The van der Waals surface area contributed by atoms with Crippen molar-refractivity contribution in [1.82, 2.24) is 0 Å². The van der Waals surface area contributed by atoms with Crippen molar-refractivity contribution in [2.45, 2.75) is 20.0 Å². The predicted octanol–water partition coefficient (Wildman–Crippen LogP) is 3.69. The van der Waals surface area contributed by atoms with E-state index in [0.717, 1.165) is 5.56 Å². The molecule has 0 radical (unpaired) electrons. The van der Waals surface area contributed by atoms with E-state index in [9.17, 15) is 4.57 Å². The van der Waals surface area contributed by atoms with Gasteiger partial charge in [-0.3, -0.25) is 4.57 Å². The van der Waals surface area contributed by atoms with Gasteiger partial charge in [-0.15, -0.1) is 0 Å². The van der Waals surface area contributed by atoms with Gasteiger partial charge in [-0.2, -0.15) is 0 Å². The molecule has 4 nitrogen and oxygen atoms in total. The Morgan fingerprint density at radius 2 is 1.88 bits per heavy atom. The monoisotopic (exact) mass is 277 g/mol. The van der Waals surface area contributed by atoms with E-state index in [-0.39, 0.29) is 6.16 Å². The maximum atomic E-state index is 12.3. The molecule has 96 valence electrons. The molecule has 0 saturated heterocycles. The molecule has 0 amide bonds. The van der Waals surface area contributed by atoms with Crippen molar-refractivity contribution in [3.63, 3.8) is 0 Å². The number of nitrogen functional groups attached to an aromatic ring is 1. The number of halogens is 1. The number of rotatable bonds is 6. The third-order valence-corrected chi connectivity index (χ3v) is 4.48. The number of nitrogens with two attached hydrogens (primary N) is 1. The third-order valence-electron chi connectivity index (χ3n) is 2.09. The first kappa shape index (κ1) is 14.5. The minimum atomic E-state index is -3.08. The number of anilines is 1.